The van der Waals surface area contributed by atoms with Crippen LogP contribution in [0.5, 0.6) is 0 Å². The molecule has 0 bridgehead atoms. The Bertz CT molecular complexity index is 552. The lowest BCUT2D eigenvalue weighted by Gasteiger charge is -2.13. The molecule has 1 saturated heterocycles. The Hall–Kier alpha value is -1.13. The van der Waals surface area contributed by atoms with Crippen molar-refractivity contribution in [1.29, 1.82) is 0 Å². The first-order valence-electron chi connectivity index (χ1n) is 6.47. The van der Waals surface area contributed by atoms with Gasteiger partial charge in [-0.1, -0.05) is 0 Å². The molecule has 0 spiro atoms. The lowest BCUT2D eigenvalue weighted by Crippen LogP contribution is -2.19. The largest absolute Gasteiger partial charge is 0.382 e. The summed E-state index contributed by atoms with van der Waals surface area (Å²) in [6, 6.07) is 6.36. The third-order valence-electron chi connectivity index (χ3n) is 3.35. The number of nitrogens with zero attached hydrogens (tertiary/aromatic N) is 1. The number of anilines is 1. The number of hydrogen-bond acceptors (Lipinski definition) is 4. The van der Waals surface area contributed by atoms with E-state index in [0.29, 0.717) is 12.2 Å². The van der Waals surface area contributed by atoms with E-state index in [2.05, 4.69) is 35.4 Å². The number of ether oxygens (including phenoxy) is 1. The fourth-order valence-electron chi connectivity index (χ4n) is 2.42. The second-order valence-electron chi connectivity index (χ2n) is 4.94. The van der Waals surface area contributed by atoms with Gasteiger partial charge in [-0.15, -0.1) is 11.3 Å². The highest BCUT2D eigenvalue weighted by molar-refractivity contribution is 7.18. The third kappa shape index (κ3) is 2.49. The van der Waals surface area contributed by atoms with E-state index in [1.165, 1.54) is 11.1 Å². The Labute approximate surface area is 111 Å². The molecule has 1 aromatic carbocycles. The van der Waals surface area contributed by atoms with Gasteiger partial charge in [0.25, 0.3) is 0 Å². The molecule has 0 amide bonds. The highest BCUT2D eigenvalue weighted by Crippen LogP contribution is 2.25. The summed E-state index contributed by atoms with van der Waals surface area (Å²) in [4.78, 5) is 4.47. The first-order chi connectivity index (χ1) is 8.70. The predicted molar refractivity (Wildman–Crippen MR) is 76.4 cm³/mol. The van der Waals surface area contributed by atoms with Gasteiger partial charge in [-0.25, -0.2) is 4.98 Å². The second kappa shape index (κ2) is 4.86. The number of rotatable bonds is 3. The summed E-state index contributed by atoms with van der Waals surface area (Å²) in [5, 5.41) is 4.58. The number of thiazole rings is 1. The summed E-state index contributed by atoms with van der Waals surface area (Å²) in [6.45, 7) is 5.09. The topological polar surface area (TPSA) is 34.2 Å². The van der Waals surface area contributed by atoms with E-state index >= 15 is 0 Å². The van der Waals surface area contributed by atoms with Crippen LogP contribution in [0.2, 0.25) is 0 Å². The van der Waals surface area contributed by atoms with Crippen LogP contribution in [0.3, 0.4) is 0 Å². The Balaban J connectivity index is 1.67. The fraction of sp³-hybridized carbons (Fsp3) is 0.500. The van der Waals surface area contributed by atoms with E-state index in [4.69, 9.17) is 4.74 Å². The van der Waals surface area contributed by atoms with Crippen molar-refractivity contribution in [3.63, 3.8) is 0 Å². The standard InChI is InChI=1S/C14H18N2OS/c1-9-3-5-12(17-9)8-15-11-4-6-13-14(7-11)18-10(2)16-13/h4,6-7,9,12,15H,3,5,8H2,1-2H3. The molecule has 1 aliphatic rings. The minimum Gasteiger partial charge on any atom is -0.382 e. The maximum atomic E-state index is 5.80. The Morgan fingerprint density at radius 3 is 3.11 bits per heavy atom. The van der Waals surface area contributed by atoms with E-state index in [1.807, 2.05) is 6.92 Å². The lowest BCUT2D eigenvalue weighted by molar-refractivity contribution is 0.0637. The number of fused-ring (bicyclic) bond motifs is 1. The van der Waals surface area contributed by atoms with Crippen molar-refractivity contribution in [2.75, 3.05) is 11.9 Å². The van der Waals surface area contributed by atoms with Crippen molar-refractivity contribution in [1.82, 2.24) is 4.98 Å². The van der Waals surface area contributed by atoms with Crippen LogP contribution in [-0.4, -0.2) is 23.7 Å². The van der Waals surface area contributed by atoms with Crippen LogP contribution < -0.4 is 5.32 Å². The van der Waals surface area contributed by atoms with Crippen molar-refractivity contribution >= 4 is 27.2 Å². The van der Waals surface area contributed by atoms with Crippen LogP contribution in [0.1, 0.15) is 24.8 Å². The quantitative estimate of drug-likeness (QED) is 0.918. The first kappa shape index (κ1) is 11.9. The van der Waals surface area contributed by atoms with Gasteiger partial charge in [0.05, 0.1) is 27.4 Å². The summed E-state index contributed by atoms with van der Waals surface area (Å²) < 4.78 is 7.05. The van der Waals surface area contributed by atoms with Crippen LogP contribution >= 0.6 is 11.3 Å². The zero-order valence-electron chi connectivity index (χ0n) is 10.8. The lowest BCUT2D eigenvalue weighted by atomic mass is 10.2. The van der Waals surface area contributed by atoms with Crippen LogP contribution in [0.15, 0.2) is 18.2 Å². The molecular weight excluding hydrogens is 244 g/mol. The van der Waals surface area contributed by atoms with Crippen LogP contribution in [0, 0.1) is 6.92 Å². The highest BCUT2D eigenvalue weighted by Gasteiger charge is 2.21. The summed E-state index contributed by atoms with van der Waals surface area (Å²) >= 11 is 1.74. The van der Waals surface area contributed by atoms with Gasteiger partial charge >= 0.3 is 0 Å². The summed E-state index contributed by atoms with van der Waals surface area (Å²) in [6.07, 6.45) is 3.12. The Morgan fingerprint density at radius 1 is 1.44 bits per heavy atom. The smallest absolute Gasteiger partial charge is 0.0907 e. The minimum absolute atomic E-state index is 0.360. The average molecular weight is 262 g/mol. The van der Waals surface area contributed by atoms with Gasteiger partial charge in [-0.05, 0) is 44.9 Å². The number of benzene rings is 1. The monoisotopic (exact) mass is 262 g/mol. The minimum atomic E-state index is 0.360. The van der Waals surface area contributed by atoms with Crippen molar-refractivity contribution < 1.29 is 4.74 Å². The molecule has 2 unspecified atom stereocenters. The fourth-order valence-corrected chi connectivity index (χ4v) is 3.28. The molecule has 1 N–H and O–H groups in total. The molecule has 4 heteroatoms. The Kier molecular flexibility index (Phi) is 3.22. The summed E-state index contributed by atoms with van der Waals surface area (Å²) in [5.74, 6) is 0. The van der Waals surface area contributed by atoms with Gasteiger partial charge in [0.15, 0.2) is 0 Å². The van der Waals surface area contributed by atoms with Gasteiger partial charge < -0.3 is 10.1 Å². The molecule has 1 aliphatic heterocycles. The molecule has 0 saturated carbocycles. The molecule has 96 valence electrons. The van der Waals surface area contributed by atoms with Gasteiger partial charge in [-0.3, -0.25) is 0 Å². The van der Waals surface area contributed by atoms with Crippen LogP contribution in [0.4, 0.5) is 5.69 Å². The highest BCUT2D eigenvalue weighted by atomic mass is 32.1. The maximum Gasteiger partial charge on any atom is 0.0907 e. The Morgan fingerprint density at radius 2 is 2.33 bits per heavy atom. The summed E-state index contributed by atoms with van der Waals surface area (Å²) in [7, 11) is 0. The predicted octanol–water partition coefficient (Wildman–Crippen LogP) is 3.58. The van der Waals surface area contributed by atoms with E-state index in [-0.39, 0.29) is 0 Å². The van der Waals surface area contributed by atoms with Crippen molar-refractivity contribution in [2.24, 2.45) is 0 Å². The normalized spacial score (nSPS) is 23.7. The zero-order valence-corrected chi connectivity index (χ0v) is 11.6. The van der Waals surface area contributed by atoms with E-state index in [9.17, 15) is 0 Å². The van der Waals surface area contributed by atoms with Crippen molar-refractivity contribution in [3.8, 4) is 0 Å². The van der Waals surface area contributed by atoms with E-state index in [1.54, 1.807) is 11.3 Å². The van der Waals surface area contributed by atoms with Crippen LogP contribution in [-0.2, 0) is 4.74 Å². The third-order valence-corrected chi connectivity index (χ3v) is 4.28. The molecule has 2 aromatic rings. The van der Waals surface area contributed by atoms with Crippen molar-refractivity contribution in [3.05, 3.63) is 23.2 Å². The second-order valence-corrected chi connectivity index (χ2v) is 6.18. The number of nitrogens with one attached hydrogen (secondary N) is 1. The summed E-state index contributed by atoms with van der Waals surface area (Å²) in [5.41, 5.74) is 2.25. The molecule has 0 radical (unpaired) electrons. The maximum absolute atomic E-state index is 5.80. The molecule has 1 fully saturated rings. The van der Waals surface area contributed by atoms with Gasteiger partial charge in [-0.2, -0.15) is 0 Å². The SMILES string of the molecule is Cc1nc2ccc(NCC3CCC(C)O3)cc2s1. The molecule has 2 heterocycles. The molecule has 2 atom stereocenters. The number of aromatic nitrogens is 1. The molecule has 0 aliphatic carbocycles. The van der Waals surface area contributed by atoms with Gasteiger partial charge in [0.1, 0.15) is 0 Å². The number of aryl methyl sites for hydroxylation is 1. The van der Waals surface area contributed by atoms with Gasteiger partial charge in [0, 0.05) is 12.2 Å². The van der Waals surface area contributed by atoms with E-state index in [0.717, 1.165) is 29.2 Å². The molecule has 3 nitrogen and oxygen atoms in total. The molecular formula is C14H18N2OS. The van der Waals surface area contributed by atoms with Crippen molar-refractivity contribution in [2.45, 2.75) is 38.9 Å². The molecule has 18 heavy (non-hydrogen) atoms. The zero-order chi connectivity index (χ0) is 12.5. The van der Waals surface area contributed by atoms with E-state index < -0.39 is 0 Å². The molecule has 1 aromatic heterocycles. The van der Waals surface area contributed by atoms with Gasteiger partial charge in [0.2, 0.25) is 0 Å². The average Bonchev–Trinajstić information content (AvgIpc) is 2.90. The first-order valence-corrected chi connectivity index (χ1v) is 7.29. The van der Waals surface area contributed by atoms with Crippen LogP contribution in [0.25, 0.3) is 10.2 Å². The molecule has 3 rings (SSSR count). The number of hydrogen-bond donors (Lipinski definition) is 1.